The monoisotopic (exact) mass is 317 g/mol. The van der Waals surface area contributed by atoms with Crippen LogP contribution in [-0.4, -0.2) is 31.0 Å². The van der Waals surface area contributed by atoms with E-state index >= 15 is 0 Å². The van der Waals surface area contributed by atoms with Gasteiger partial charge in [-0.25, -0.2) is 0 Å². The Morgan fingerprint density at radius 2 is 1.87 bits per heavy atom. The quantitative estimate of drug-likeness (QED) is 0.830. The molecular formula is C20H31NO2. The van der Waals surface area contributed by atoms with Crippen LogP contribution in [0.3, 0.4) is 0 Å². The van der Waals surface area contributed by atoms with Crippen LogP contribution in [0, 0.1) is 11.3 Å². The highest BCUT2D eigenvalue weighted by molar-refractivity contribution is 5.88. The van der Waals surface area contributed by atoms with Crippen molar-refractivity contribution in [1.82, 2.24) is 4.90 Å². The molecule has 1 heterocycles. The summed E-state index contributed by atoms with van der Waals surface area (Å²) in [5.74, 6) is 1.61. The van der Waals surface area contributed by atoms with E-state index in [1.807, 2.05) is 43.0 Å². The van der Waals surface area contributed by atoms with E-state index < -0.39 is 5.41 Å². The zero-order valence-corrected chi connectivity index (χ0v) is 15.5. The number of rotatable bonds is 4. The molecule has 1 aliphatic heterocycles. The zero-order chi connectivity index (χ0) is 17.3. The van der Waals surface area contributed by atoms with Crippen LogP contribution in [0.15, 0.2) is 24.3 Å². The Kier molecular flexibility index (Phi) is 5.07. The van der Waals surface area contributed by atoms with Gasteiger partial charge in [-0.3, -0.25) is 4.79 Å². The maximum absolute atomic E-state index is 13.1. The van der Waals surface area contributed by atoms with Crippen LogP contribution in [-0.2, 0) is 10.2 Å². The van der Waals surface area contributed by atoms with Gasteiger partial charge in [0.25, 0.3) is 0 Å². The standard InChI is InChI=1S/C20H31NO2/c1-19(2,3)13-15-11-12-21(14-15)18(22)20(4,5)16-9-7-8-10-17(16)23-6/h7-10,15H,11-14H2,1-6H3. The summed E-state index contributed by atoms with van der Waals surface area (Å²) >= 11 is 0. The lowest BCUT2D eigenvalue weighted by Crippen LogP contribution is -2.42. The Bertz CT molecular complexity index is 557. The average molecular weight is 317 g/mol. The minimum Gasteiger partial charge on any atom is -0.496 e. The van der Waals surface area contributed by atoms with Crippen molar-refractivity contribution in [2.24, 2.45) is 11.3 Å². The smallest absolute Gasteiger partial charge is 0.232 e. The van der Waals surface area contributed by atoms with E-state index in [0.29, 0.717) is 11.3 Å². The highest BCUT2D eigenvalue weighted by atomic mass is 16.5. The molecule has 3 heteroatoms. The lowest BCUT2D eigenvalue weighted by molar-refractivity contribution is -0.135. The van der Waals surface area contributed by atoms with Crippen molar-refractivity contribution < 1.29 is 9.53 Å². The maximum Gasteiger partial charge on any atom is 0.232 e. The van der Waals surface area contributed by atoms with Gasteiger partial charge in [0.15, 0.2) is 0 Å². The van der Waals surface area contributed by atoms with Crippen molar-refractivity contribution in [1.29, 1.82) is 0 Å². The number of amides is 1. The normalized spacial score (nSPS) is 19.0. The van der Waals surface area contributed by atoms with Crippen molar-refractivity contribution in [2.45, 2.75) is 52.9 Å². The van der Waals surface area contributed by atoms with Gasteiger partial charge in [0.1, 0.15) is 5.75 Å². The summed E-state index contributed by atoms with van der Waals surface area (Å²) in [5.41, 5.74) is 0.720. The van der Waals surface area contributed by atoms with Crippen molar-refractivity contribution in [3.8, 4) is 5.75 Å². The fourth-order valence-electron chi connectivity index (χ4n) is 3.72. The van der Waals surface area contributed by atoms with Gasteiger partial charge < -0.3 is 9.64 Å². The van der Waals surface area contributed by atoms with E-state index in [4.69, 9.17) is 4.74 Å². The number of benzene rings is 1. The largest absolute Gasteiger partial charge is 0.496 e. The summed E-state index contributed by atoms with van der Waals surface area (Å²) in [6, 6.07) is 7.84. The van der Waals surface area contributed by atoms with Gasteiger partial charge in [-0.1, -0.05) is 39.0 Å². The van der Waals surface area contributed by atoms with Crippen molar-refractivity contribution >= 4 is 5.91 Å². The van der Waals surface area contributed by atoms with Crippen molar-refractivity contribution in [3.05, 3.63) is 29.8 Å². The van der Waals surface area contributed by atoms with E-state index in [-0.39, 0.29) is 5.91 Å². The van der Waals surface area contributed by atoms with Gasteiger partial charge in [-0.2, -0.15) is 0 Å². The number of carbonyl (C=O) groups excluding carboxylic acids is 1. The number of carbonyl (C=O) groups is 1. The molecule has 1 aromatic rings. The van der Waals surface area contributed by atoms with Gasteiger partial charge in [-0.15, -0.1) is 0 Å². The lowest BCUT2D eigenvalue weighted by Gasteiger charge is -2.31. The number of hydrogen-bond donors (Lipinski definition) is 0. The zero-order valence-electron chi connectivity index (χ0n) is 15.5. The van der Waals surface area contributed by atoms with Gasteiger partial charge in [0.2, 0.25) is 5.91 Å². The number of methoxy groups -OCH3 is 1. The molecule has 2 rings (SSSR count). The first kappa shape index (κ1) is 17.8. The predicted octanol–water partition coefficient (Wildman–Crippen LogP) is 4.26. The van der Waals surface area contributed by atoms with E-state index in [2.05, 4.69) is 20.8 Å². The summed E-state index contributed by atoms with van der Waals surface area (Å²) in [6.07, 6.45) is 2.29. The molecule has 0 radical (unpaired) electrons. The van der Waals surface area contributed by atoms with E-state index in [0.717, 1.165) is 30.8 Å². The first-order valence-electron chi connectivity index (χ1n) is 8.58. The number of ether oxygens (including phenoxy) is 1. The van der Waals surface area contributed by atoms with Gasteiger partial charge in [0.05, 0.1) is 12.5 Å². The molecule has 1 atom stereocenters. The van der Waals surface area contributed by atoms with Gasteiger partial charge in [-0.05, 0) is 44.1 Å². The average Bonchev–Trinajstić information content (AvgIpc) is 2.92. The Balaban J connectivity index is 2.13. The molecule has 1 aromatic carbocycles. The number of nitrogens with zero attached hydrogens (tertiary/aromatic N) is 1. The highest BCUT2D eigenvalue weighted by Crippen LogP contribution is 2.36. The highest BCUT2D eigenvalue weighted by Gasteiger charge is 2.39. The first-order chi connectivity index (χ1) is 10.6. The SMILES string of the molecule is COc1ccccc1C(C)(C)C(=O)N1CCC(CC(C)(C)C)C1. The third-order valence-corrected chi connectivity index (χ3v) is 4.79. The third kappa shape index (κ3) is 4.07. The predicted molar refractivity (Wildman–Crippen MR) is 94.8 cm³/mol. The molecule has 1 aliphatic rings. The maximum atomic E-state index is 13.1. The van der Waals surface area contributed by atoms with Crippen LogP contribution in [0.25, 0.3) is 0 Å². The third-order valence-electron chi connectivity index (χ3n) is 4.79. The molecule has 0 saturated carbocycles. The number of hydrogen-bond acceptors (Lipinski definition) is 2. The van der Waals surface area contributed by atoms with Gasteiger partial charge in [0, 0.05) is 18.7 Å². The number of para-hydroxylation sites is 1. The summed E-state index contributed by atoms with van der Waals surface area (Å²) < 4.78 is 5.46. The molecule has 0 spiro atoms. The molecule has 1 unspecified atom stereocenters. The molecular weight excluding hydrogens is 286 g/mol. The topological polar surface area (TPSA) is 29.5 Å². The summed E-state index contributed by atoms with van der Waals surface area (Å²) in [7, 11) is 1.66. The van der Waals surface area contributed by atoms with E-state index in [9.17, 15) is 4.79 Å². The first-order valence-corrected chi connectivity index (χ1v) is 8.58. The Morgan fingerprint density at radius 1 is 1.22 bits per heavy atom. The molecule has 23 heavy (non-hydrogen) atoms. The van der Waals surface area contributed by atoms with Crippen LogP contribution in [0.1, 0.15) is 53.0 Å². The van der Waals surface area contributed by atoms with E-state index in [1.54, 1.807) is 7.11 Å². The van der Waals surface area contributed by atoms with Crippen molar-refractivity contribution in [2.75, 3.05) is 20.2 Å². The van der Waals surface area contributed by atoms with E-state index in [1.165, 1.54) is 6.42 Å². The lowest BCUT2D eigenvalue weighted by atomic mass is 9.82. The van der Waals surface area contributed by atoms with Crippen LogP contribution in [0.4, 0.5) is 0 Å². The van der Waals surface area contributed by atoms with Crippen LogP contribution in [0.2, 0.25) is 0 Å². The van der Waals surface area contributed by atoms with Gasteiger partial charge >= 0.3 is 0 Å². The Labute approximate surface area is 141 Å². The second-order valence-corrected chi connectivity index (χ2v) is 8.50. The minimum atomic E-state index is -0.566. The fraction of sp³-hybridized carbons (Fsp3) is 0.650. The molecule has 1 fully saturated rings. The number of likely N-dealkylation sites (tertiary alicyclic amines) is 1. The molecule has 0 N–H and O–H groups in total. The van der Waals surface area contributed by atoms with Crippen LogP contribution in [0.5, 0.6) is 5.75 Å². The molecule has 3 nitrogen and oxygen atoms in total. The molecule has 0 bridgehead atoms. The van der Waals surface area contributed by atoms with Crippen LogP contribution < -0.4 is 4.74 Å². The Hall–Kier alpha value is -1.51. The minimum absolute atomic E-state index is 0.207. The second kappa shape index (κ2) is 6.54. The fourth-order valence-corrected chi connectivity index (χ4v) is 3.72. The van der Waals surface area contributed by atoms with Crippen LogP contribution >= 0.6 is 0 Å². The molecule has 128 valence electrons. The molecule has 1 amide bonds. The molecule has 0 aliphatic carbocycles. The summed E-state index contributed by atoms with van der Waals surface area (Å²) in [4.78, 5) is 15.2. The molecule has 0 aromatic heterocycles. The summed E-state index contributed by atoms with van der Waals surface area (Å²) in [6.45, 7) is 12.6. The summed E-state index contributed by atoms with van der Waals surface area (Å²) in [5, 5.41) is 0. The second-order valence-electron chi connectivity index (χ2n) is 8.50. The van der Waals surface area contributed by atoms with Crippen molar-refractivity contribution in [3.63, 3.8) is 0 Å². The Morgan fingerprint density at radius 3 is 2.48 bits per heavy atom. The molecule has 1 saturated heterocycles.